The first kappa shape index (κ1) is 40.3. The molecule has 1 N–H and O–H groups in total. The maximum absolute atomic E-state index is 15.5. The molecule has 0 saturated carbocycles. The number of halogens is 2. The van der Waals surface area contributed by atoms with Crippen LogP contribution >= 0.6 is 0 Å². The van der Waals surface area contributed by atoms with E-state index >= 15 is 8.78 Å². The number of carbonyl (C=O) groups excluding carboxylic acids is 2. The number of likely N-dealkylation sites (N-methyl/N-ethyl adjacent to an activating group) is 1. The van der Waals surface area contributed by atoms with Gasteiger partial charge in [0.05, 0.1) is 33.1 Å². The number of morpholine rings is 1. The molecule has 0 bridgehead atoms. The largest absolute Gasteiger partial charge is 0.497 e. The van der Waals surface area contributed by atoms with Crippen LogP contribution in [-0.4, -0.2) is 122 Å². The number of hydrogen-bond acceptors (Lipinski definition) is 12. The summed E-state index contributed by atoms with van der Waals surface area (Å²) < 4.78 is 47.3. The number of fused-ring (bicyclic) bond motifs is 1. The van der Waals surface area contributed by atoms with E-state index in [-0.39, 0.29) is 12.1 Å². The maximum Gasteiger partial charge on any atom is 0.327 e. The van der Waals surface area contributed by atoms with Crippen molar-refractivity contribution in [2.45, 2.75) is 19.5 Å². The molecular formula is C43H46F2N10O5. The van der Waals surface area contributed by atoms with Gasteiger partial charge in [0.1, 0.15) is 23.0 Å². The van der Waals surface area contributed by atoms with E-state index in [1.165, 1.54) is 4.90 Å². The predicted octanol–water partition coefficient (Wildman–Crippen LogP) is 5.25. The van der Waals surface area contributed by atoms with E-state index in [0.717, 1.165) is 34.8 Å². The van der Waals surface area contributed by atoms with Gasteiger partial charge in [0.2, 0.25) is 11.9 Å². The molecule has 5 aromatic rings. The second-order valence-corrected chi connectivity index (χ2v) is 14.8. The van der Waals surface area contributed by atoms with Gasteiger partial charge in [-0.25, -0.2) is 28.5 Å². The van der Waals surface area contributed by atoms with Crippen LogP contribution in [0.4, 0.5) is 37.0 Å². The Kier molecular flexibility index (Phi) is 12.0. The Balaban J connectivity index is 1.07. The van der Waals surface area contributed by atoms with Gasteiger partial charge in [0, 0.05) is 88.0 Å². The molecule has 3 aliphatic rings. The SMILES string of the molecule is COc1ccc(CN(Cc2ccc(OC)cc2)c2ncc(-c3nc(N4CCOCC4)nc4c3CCN4C(=O)Nc3c(F)cc(C(=O)N4CCN(C)CC4)cc3F)cn2)cc1. The molecule has 8 rings (SSSR count). The molecule has 2 fully saturated rings. The van der Waals surface area contributed by atoms with Crippen LogP contribution < -0.4 is 29.5 Å². The standard InChI is InChI=1S/C43H46F2N10O5/c1-51-14-16-52(17-15-51)40(56)30-22-35(44)38(36(45)23-30)49-43(57)55-13-12-34-37(48-42(50-39(34)55)53-18-20-60-21-19-53)31-24-46-41(47-25-31)54(26-28-4-8-32(58-2)9-5-28)27-29-6-10-33(59-3)11-7-29/h4-11,22-25H,12-21,26-27H2,1-3H3,(H,49,57). The number of rotatable bonds is 11. The van der Waals surface area contributed by atoms with Gasteiger partial charge in [-0.3, -0.25) is 9.69 Å². The van der Waals surface area contributed by atoms with Crippen LogP contribution in [0.1, 0.15) is 27.0 Å². The van der Waals surface area contributed by atoms with Gasteiger partial charge < -0.3 is 39.1 Å². The van der Waals surface area contributed by atoms with E-state index in [1.807, 2.05) is 60.5 Å². The van der Waals surface area contributed by atoms with Crippen LogP contribution in [0.15, 0.2) is 73.1 Å². The van der Waals surface area contributed by atoms with Crippen molar-refractivity contribution < 1.29 is 32.6 Å². The van der Waals surface area contributed by atoms with Gasteiger partial charge in [0.25, 0.3) is 5.91 Å². The van der Waals surface area contributed by atoms with Crippen molar-refractivity contribution in [2.24, 2.45) is 0 Å². The van der Waals surface area contributed by atoms with Crippen LogP contribution in [0.2, 0.25) is 0 Å². The van der Waals surface area contributed by atoms with Gasteiger partial charge in [0.15, 0.2) is 11.6 Å². The number of anilines is 4. The minimum Gasteiger partial charge on any atom is -0.497 e. The van der Waals surface area contributed by atoms with Gasteiger partial charge in [-0.15, -0.1) is 0 Å². The lowest BCUT2D eigenvalue weighted by Crippen LogP contribution is -2.47. The average Bonchev–Trinajstić information content (AvgIpc) is 3.72. The molecule has 5 heterocycles. The molecule has 3 aromatic carbocycles. The summed E-state index contributed by atoms with van der Waals surface area (Å²) in [6.45, 7) is 5.43. The molecule has 60 heavy (non-hydrogen) atoms. The Hall–Kier alpha value is -6.46. The number of methoxy groups -OCH3 is 2. The van der Waals surface area contributed by atoms with E-state index in [0.29, 0.717) is 107 Å². The van der Waals surface area contributed by atoms with Crippen LogP contribution in [-0.2, 0) is 24.2 Å². The molecule has 0 spiro atoms. The topological polar surface area (TPSA) is 142 Å². The molecule has 2 saturated heterocycles. The average molecular weight is 821 g/mol. The number of piperazine rings is 1. The monoisotopic (exact) mass is 820 g/mol. The smallest absolute Gasteiger partial charge is 0.327 e. The first-order valence-electron chi connectivity index (χ1n) is 19.8. The molecule has 0 atom stereocenters. The van der Waals surface area contributed by atoms with Crippen LogP contribution in [0.3, 0.4) is 0 Å². The van der Waals surface area contributed by atoms with Crippen LogP contribution in [0.25, 0.3) is 11.3 Å². The van der Waals surface area contributed by atoms with Crippen molar-refractivity contribution in [3.63, 3.8) is 0 Å². The summed E-state index contributed by atoms with van der Waals surface area (Å²) in [6, 6.07) is 16.8. The molecular weight excluding hydrogens is 775 g/mol. The van der Waals surface area contributed by atoms with E-state index < -0.39 is 29.3 Å². The van der Waals surface area contributed by atoms with E-state index in [4.69, 9.17) is 34.1 Å². The lowest BCUT2D eigenvalue weighted by Gasteiger charge is -2.32. The van der Waals surface area contributed by atoms with Crippen molar-refractivity contribution in [2.75, 3.05) is 100 Å². The number of nitrogens with zero attached hydrogens (tertiary/aromatic N) is 9. The van der Waals surface area contributed by atoms with Crippen molar-refractivity contribution in [3.8, 4) is 22.8 Å². The molecule has 0 unspecified atom stereocenters. The molecule has 3 aliphatic heterocycles. The van der Waals surface area contributed by atoms with Gasteiger partial charge in [-0.1, -0.05) is 24.3 Å². The Morgan fingerprint density at radius 1 is 0.800 bits per heavy atom. The minimum atomic E-state index is -1.05. The summed E-state index contributed by atoms with van der Waals surface area (Å²) in [5.74, 6) is 0.123. The third kappa shape index (κ3) is 8.77. The summed E-state index contributed by atoms with van der Waals surface area (Å²) in [4.78, 5) is 55.4. The Bertz CT molecular complexity index is 2250. The Morgan fingerprint density at radius 3 is 1.95 bits per heavy atom. The second-order valence-electron chi connectivity index (χ2n) is 14.8. The normalized spacial score (nSPS) is 15.4. The molecule has 2 aromatic heterocycles. The molecule has 17 heteroatoms. The second kappa shape index (κ2) is 17.8. The van der Waals surface area contributed by atoms with Crippen LogP contribution in [0, 0.1) is 11.6 Å². The van der Waals surface area contributed by atoms with E-state index in [2.05, 4.69) is 15.1 Å². The van der Waals surface area contributed by atoms with Gasteiger partial charge in [-0.2, -0.15) is 4.98 Å². The molecule has 0 radical (unpaired) electrons. The number of ether oxygens (including phenoxy) is 3. The number of aromatic nitrogens is 4. The first-order chi connectivity index (χ1) is 29.2. The highest BCUT2D eigenvalue weighted by molar-refractivity contribution is 6.04. The van der Waals surface area contributed by atoms with Crippen molar-refractivity contribution in [3.05, 3.63) is 107 Å². The van der Waals surface area contributed by atoms with Crippen LogP contribution in [0.5, 0.6) is 11.5 Å². The van der Waals surface area contributed by atoms with E-state index in [9.17, 15) is 9.59 Å². The van der Waals surface area contributed by atoms with Crippen molar-refractivity contribution >= 4 is 35.3 Å². The molecule has 3 amide bonds. The lowest BCUT2D eigenvalue weighted by molar-refractivity contribution is 0.0663. The number of benzene rings is 3. The fraction of sp³-hybridized carbons (Fsp3) is 0.349. The lowest BCUT2D eigenvalue weighted by atomic mass is 10.1. The van der Waals surface area contributed by atoms with Gasteiger partial charge in [-0.05, 0) is 61.0 Å². The first-order valence-corrected chi connectivity index (χ1v) is 19.8. The number of urea groups is 1. The summed E-state index contributed by atoms with van der Waals surface area (Å²) in [6.07, 6.45) is 3.79. The van der Waals surface area contributed by atoms with E-state index in [1.54, 1.807) is 31.5 Å². The number of nitrogens with one attached hydrogen (secondary N) is 1. The highest BCUT2D eigenvalue weighted by Gasteiger charge is 2.33. The summed E-state index contributed by atoms with van der Waals surface area (Å²) >= 11 is 0. The summed E-state index contributed by atoms with van der Waals surface area (Å²) in [7, 11) is 5.21. The number of amides is 3. The number of carbonyl (C=O) groups is 2. The fourth-order valence-corrected chi connectivity index (χ4v) is 7.47. The number of hydrogen-bond donors (Lipinski definition) is 1. The van der Waals surface area contributed by atoms with Crippen molar-refractivity contribution in [1.82, 2.24) is 29.7 Å². The fourth-order valence-electron chi connectivity index (χ4n) is 7.47. The quantitative estimate of drug-likeness (QED) is 0.186. The van der Waals surface area contributed by atoms with Crippen molar-refractivity contribution in [1.29, 1.82) is 0 Å². The Labute approximate surface area is 346 Å². The highest BCUT2D eigenvalue weighted by Crippen LogP contribution is 2.36. The third-order valence-corrected chi connectivity index (χ3v) is 10.9. The highest BCUT2D eigenvalue weighted by atomic mass is 19.1. The molecule has 312 valence electrons. The zero-order valence-corrected chi connectivity index (χ0v) is 33.7. The predicted molar refractivity (Wildman–Crippen MR) is 222 cm³/mol. The molecule has 0 aliphatic carbocycles. The summed E-state index contributed by atoms with van der Waals surface area (Å²) in [5, 5.41) is 2.41. The summed E-state index contributed by atoms with van der Waals surface area (Å²) in [5.41, 5.74) is 3.13. The van der Waals surface area contributed by atoms with Gasteiger partial charge >= 0.3 is 6.03 Å². The third-order valence-electron chi connectivity index (χ3n) is 10.9. The zero-order chi connectivity index (χ0) is 41.8. The molecule has 15 nitrogen and oxygen atoms in total. The Morgan fingerprint density at radius 2 is 1.38 bits per heavy atom. The zero-order valence-electron chi connectivity index (χ0n) is 33.7. The minimum absolute atomic E-state index is 0.121. The maximum atomic E-state index is 15.5.